The van der Waals surface area contributed by atoms with Crippen molar-refractivity contribution in [2.24, 2.45) is 0 Å². The molecule has 3 aromatic rings. The molecular formula is C18H13Cl2NO2. The van der Waals surface area contributed by atoms with Crippen LogP contribution in [0.1, 0.15) is 17.3 Å². The van der Waals surface area contributed by atoms with E-state index in [0.29, 0.717) is 39.5 Å². The van der Waals surface area contributed by atoms with Crippen LogP contribution < -0.4 is 4.74 Å². The third-order valence-corrected chi connectivity index (χ3v) is 3.88. The molecule has 0 saturated heterocycles. The lowest BCUT2D eigenvalue weighted by molar-refractivity contribution is 0.108. The average Bonchev–Trinajstić information content (AvgIpc) is 2.54. The zero-order valence-electron chi connectivity index (χ0n) is 12.3. The maximum atomic E-state index is 11.8. The lowest BCUT2D eigenvalue weighted by Crippen LogP contribution is -1.98. The second kappa shape index (κ2) is 6.57. The standard InChI is InChI=1S/C18H13Cl2NO2/c1-2-23-17-6-4-3-5-12(17)16-10-14(18(20)22)13-9-11(19)7-8-15(13)21-16/h3-10H,2H2,1H3. The van der Waals surface area contributed by atoms with E-state index in [1.54, 1.807) is 24.3 Å². The summed E-state index contributed by atoms with van der Waals surface area (Å²) in [5, 5.41) is 0.617. The van der Waals surface area contributed by atoms with E-state index in [0.717, 1.165) is 5.56 Å². The van der Waals surface area contributed by atoms with Gasteiger partial charge in [-0.05, 0) is 54.9 Å². The van der Waals surface area contributed by atoms with E-state index in [-0.39, 0.29) is 0 Å². The lowest BCUT2D eigenvalue weighted by atomic mass is 10.0. The van der Waals surface area contributed by atoms with Gasteiger partial charge in [-0.1, -0.05) is 23.7 Å². The molecule has 0 spiro atoms. The molecule has 3 nitrogen and oxygen atoms in total. The summed E-state index contributed by atoms with van der Waals surface area (Å²) in [5.74, 6) is 0.712. The zero-order chi connectivity index (χ0) is 16.4. The lowest BCUT2D eigenvalue weighted by Gasteiger charge is -2.12. The monoisotopic (exact) mass is 345 g/mol. The van der Waals surface area contributed by atoms with E-state index in [1.165, 1.54) is 0 Å². The molecule has 0 aliphatic heterocycles. The van der Waals surface area contributed by atoms with E-state index >= 15 is 0 Å². The zero-order valence-corrected chi connectivity index (χ0v) is 13.9. The highest BCUT2D eigenvalue weighted by molar-refractivity contribution is 6.68. The van der Waals surface area contributed by atoms with E-state index in [2.05, 4.69) is 4.98 Å². The Hall–Kier alpha value is -2.10. The van der Waals surface area contributed by atoms with Crippen molar-refractivity contribution in [1.29, 1.82) is 0 Å². The molecular weight excluding hydrogens is 333 g/mol. The van der Waals surface area contributed by atoms with E-state index in [4.69, 9.17) is 27.9 Å². The number of ether oxygens (including phenoxy) is 1. The quantitative estimate of drug-likeness (QED) is 0.599. The first-order chi connectivity index (χ1) is 11.1. The summed E-state index contributed by atoms with van der Waals surface area (Å²) < 4.78 is 5.64. The molecule has 2 aromatic carbocycles. The van der Waals surface area contributed by atoms with Gasteiger partial charge >= 0.3 is 0 Å². The maximum Gasteiger partial charge on any atom is 0.253 e. The molecule has 0 bridgehead atoms. The van der Waals surface area contributed by atoms with Gasteiger partial charge in [0.1, 0.15) is 5.75 Å². The van der Waals surface area contributed by atoms with Crippen molar-refractivity contribution in [3.63, 3.8) is 0 Å². The second-order valence-corrected chi connectivity index (χ2v) is 5.70. The van der Waals surface area contributed by atoms with Gasteiger partial charge in [0.25, 0.3) is 5.24 Å². The van der Waals surface area contributed by atoms with Gasteiger partial charge in [0.15, 0.2) is 0 Å². The Labute approximate surface area is 143 Å². The van der Waals surface area contributed by atoms with Crippen LogP contribution in [0.2, 0.25) is 5.02 Å². The summed E-state index contributed by atoms with van der Waals surface area (Å²) >= 11 is 11.8. The predicted molar refractivity (Wildman–Crippen MR) is 93.5 cm³/mol. The van der Waals surface area contributed by atoms with Crippen LogP contribution in [0.5, 0.6) is 5.75 Å². The molecule has 0 unspecified atom stereocenters. The Bertz CT molecular complexity index is 893. The van der Waals surface area contributed by atoms with Crippen LogP contribution in [0.25, 0.3) is 22.2 Å². The van der Waals surface area contributed by atoms with Crippen LogP contribution in [-0.2, 0) is 0 Å². The third kappa shape index (κ3) is 3.16. The number of aromatic nitrogens is 1. The third-order valence-electron chi connectivity index (χ3n) is 3.45. The highest BCUT2D eigenvalue weighted by Crippen LogP contribution is 2.32. The van der Waals surface area contributed by atoms with Crippen molar-refractivity contribution in [3.8, 4) is 17.0 Å². The molecule has 116 valence electrons. The highest BCUT2D eigenvalue weighted by atomic mass is 35.5. The first-order valence-electron chi connectivity index (χ1n) is 7.12. The van der Waals surface area contributed by atoms with Gasteiger partial charge in [-0.25, -0.2) is 4.98 Å². The van der Waals surface area contributed by atoms with Crippen molar-refractivity contribution >= 4 is 39.3 Å². The van der Waals surface area contributed by atoms with Crippen LogP contribution in [0.15, 0.2) is 48.5 Å². The van der Waals surface area contributed by atoms with Crippen molar-refractivity contribution < 1.29 is 9.53 Å². The molecule has 5 heteroatoms. The summed E-state index contributed by atoms with van der Waals surface area (Å²) in [5.41, 5.74) is 2.47. The van der Waals surface area contributed by atoms with Gasteiger partial charge in [0, 0.05) is 21.5 Å². The summed E-state index contributed by atoms with van der Waals surface area (Å²) in [7, 11) is 0. The summed E-state index contributed by atoms with van der Waals surface area (Å²) in [4.78, 5) is 16.5. The Balaban J connectivity index is 2.27. The number of nitrogens with zero attached hydrogens (tertiary/aromatic N) is 1. The van der Waals surface area contributed by atoms with Crippen LogP contribution in [0.3, 0.4) is 0 Å². The summed E-state index contributed by atoms with van der Waals surface area (Å²) in [6.45, 7) is 2.46. The van der Waals surface area contributed by atoms with Crippen molar-refractivity contribution in [2.75, 3.05) is 6.61 Å². The minimum Gasteiger partial charge on any atom is -0.493 e. The highest BCUT2D eigenvalue weighted by Gasteiger charge is 2.15. The molecule has 0 fully saturated rings. The fourth-order valence-corrected chi connectivity index (χ4v) is 2.79. The number of para-hydroxylation sites is 1. The fraction of sp³-hybridized carbons (Fsp3) is 0.111. The van der Waals surface area contributed by atoms with Gasteiger partial charge in [-0.3, -0.25) is 4.79 Å². The van der Waals surface area contributed by atoms with E-state index in [9.17, 15) is 4.79 Å². The van der Waals surface area contributed by atoms with Crippen LogP contribution >= 0.6 is 23.2 Å². The Morgan fingerprint density at radius 1 is 1.17 bits per heavy atom. The van der Waals surface area contributed by atoms with E-state index < -0.39 is 5.24 Å². The van der Waals surface area contributed by atoms with E-state index in [1.807, 2.05) is 31.2 Å². The second-order valence-electron chi connectivity index (χ2n) is 4.92. The molecule has 23 heavy (non-hydrogen) atoms. The van der Waals surface area contributed by atoms with Crippen molar-refractivity contribution in [2.45, 2.75) is 6.92 Å². The number of fused-ring (bicyclic) bond motifs is 1. The molecule has 0 radical (unpaired) electrons. The normalized spacial score (nSPS) is 10.7. The summed E-state index contributed by atoms with van der Waals surface area (Å²) in [6.07, 6.45) is 0. The number of rotatable bonds is 4. The number of hydrogen-bond donors (Lipinski definition) is 0. The molecule has 0 saturated carbocycles. The number of hydrogen-bond acceptors (Lipinski definition) is 3. The Morgan fingerprint density at radius 2 is 1.96 bits per heavy atom. The SMILES string of the molecule is CCOc1ccccc1-c1cc(C(=O)Cl)c2cc(Cl)ccc2n1. The van der Waals surface area contributed by atoms with Gasteiger partial charge in [0.05, 0.1) is 17.8 Å². The number of pyridine rings is 1. The van der Waals surface area contributed by atoms with Crippen LogP contribution in [0, 0.1) is 0 Å². The minimum absolute atomic E-state index is 0.375. The molecule has 0 atom stereocenters. The van der Waals surface area contributed by atoms with Crippen LogP contribution in [-0.4, -0.2) is 16.8 Å². The smallest absolute Gasteiger partial charge is 0.253 e. The average molecular weight is 346 g/mol. The molecule has 0 amide bonds. The first kappa shape index (κ1) is 15.8. The molecule has 0 N–H and O–H groups in total. The van der Waals surface area contributed by atoms with Gasteiger partial charge in [0.2, 0.25) is 0 Å². The first-order valence-corrected chi connectivity index (χ1v) is 7.88. The largest absolute Gasteiger partial charge is 0.493 e. The number of carbonyl (C=O) groups is 1. The van der Waals surface area contributed by atoms with Crippen molar-refractivity contribution in [1.82, 2.24) is 4.98 Å². The molecule has 3 rings (SSSR count). The maximum absolute atomic E-state index is 11.8. The molecule has 0 aliphatic carbocycles. The van der Waals surface area contributed by atoms with Crippen LogP contribution in [0.4, 0.5) is 0 Å². The predicted octanol–water partition coefficient (Wildman–Crippen LogP) is 5.33. The number of halogens is 2. The Morgan fingerprint density at radius 3 is 2.70 bits per heavy atom. The van der Waals surface area contributed by atoms with Gasteiger partial charge < -0.3 is 4.74 Å². The van der Waals surface area contributed by atoms with Gasteiger partial charge in [-0.15, -0.1) is 0 Å². The van der Waals surface area contributed by atoms with Gasteiger partial charge in [-0.2, -0.15) is 0 Å². The Kier molecular flexibility index (Phi) is 4.51. The minimum atomic E-state index is -0.546. The number of carbonyl (C=O) groups excluding carboxylic acids is 1. The number of benzene rings is 2. The summed E-state index contributed by atoms with van der Waals surface area (Å²) in [6, 6.07) is 14.4. The fourth-order valence-electron chi connectivity index (χ4n) is 2.46. The van der Waals surface area contributed by atoms with Crippen molar-refractivity contribution in [3.05, 3.63) is 59.1 Å². The molecule has 1 heterocycles. The molecule has 1 aromatic heterocycles. The molecule has 0 aliphatic rings. The topological polar surface area (TPSA) is 39.2 Å².